The number of methoxy groups -OCH3 is 1. The van der Waals surface area contributed by atoms with Gasteiger partial charge in [-0.1, -0.05) is 0 Å². The van der Waals surface area contributed by atoms with E-state index in [2.05, 4.69) is 15.4 Å². The molecule has 0 spiro atoms. The Kier molecular flexibility index (Phi) is 9.15. The highest BCUT2D eigenvalue weighted by molar-refractivity contribution is 5.84. The first-order valence-electron chi connectivity index (χ1n) is 5.93. The molecule has 0 aromatic carbocycles. The van der Waals surface area contributed by atoms with Gasteiger partial charge in [-0.3, -0.25) is 4.79 Å². The van der Waals surface area contributed by atoms with Crippen molar-refractivity contribution < 1.29 is 29.0 Å². The van der Waals surface area contributed by atoms with Crippen molar-refractivity contribution in [3.05, 3.63) is 0 Å². The van der Waals surface area contributed by atoms with Gasteiger partial charge < -0.3 is 25.2 Å². The van der Waals surface area contributed by atoms with E-state index in [-0.39, 0.29) is 19.6 Å². The van der Waals surface area contributed by atoms with Crippen molar-refractivity contribution in [2.75, 3.05) is 26.9 Å². The van der Waals surface area contributed by atoms with E-state index in [1.165, 1.54) is 7.11 Å². The molecule has 0 heterocycles. The van der Waals surface area contributed by atoms with Crippen molar-refractivity contribution in [1.29, 1.82) is 0 Å². The third-order valence-electron chi connectivity index (χ3n) is 2.14. The molecule has 0 fully saturated rings. The highest BCUT2D eigenvalue weighted by atomic mass is 16.5. The van der Waals surface area contributed by atoms with E-state index in [0.717, 1.165) is 0 Å². The Labute approximate surface area is 111 Å². The topological polar surface area (TPSA) is 114 Å². The molecule has 1 unspecified atom stereocenters. The molecule has 2 amide bonds. The number of carbonyl (C=O) groups is 3. The highest BCUT2D eigenvalue weighted by Crippen LogP contribution is 1.98. The summed E-state index contributed by atoms with van der Waals surface area (Å²) in [7, 11) is 1.51. The largest absolute Gasteiger partial charge is 0.480 e. The van der Waals surface area contributed by atoms with Crippen LogP contribution in [0.1, 0.15) is 19.8 Å². The summed E-state index contributed by atoms with van der Waals surface area (Å²) in [5.74, 6) is -1.72. The van der Waals surface area contributed by atoms with E-state index < -0.39 is 24.0 Å². The zero-order valence-electron chi connectivity index (χ0n) is 11.1. The van der Waals surface area contributed by atoms with E-state index >= 15 is 0 Å². The minimum Gasteiger partial charge on any atom is -0.480 e. The van der Waals surface area contributed by atoms with Crippen LogP contribution in [0.4, 0.5) is 4.79 Å². The molecule has 0 aliphatic carbocycles. The van der Waals surface area contributed by atoms with Gasteiger partial charge in [-0.25, -0.2) is 9.59 Å². The molecule has 110 valence electrons. The van der Waals surface area contributed by atoms with Crippen LogP contribution in [0, 0.1) is 0 Å². The summed E-state index contributed by atoms with van der Waals surface area (Å²) in [6.45, 7) is 1.98. The summed E-state index contributed by atoms with van der Waals surface area (Å²) in [5.41, 5.74) is 0. The maximum atomic E-state index is 11.4. The Morgan fingerprint density at radius 2 is 2.00 bits per heavy atom. The molecule has 0 aliphatic rings. The van der Waals surface area contributed by atoms with E-state index in [0.29, 0.717) is 13.0 Å². The molecule has 0 aromatic heterocycles. The molecule has 0 aliphatic heterocycles. The molecule has 1 atom stereocenters. The molecule has 0 aromatic rings. The first kappa shape index (κ1) is 17.2. The van der Waals surface area contributed by atoms with Crippen LogP contribution in [-0.2, 0) is 19.1 Å². The summed E-state index contributed by atoms with van der Waals surface area (Å²) < 4.78 is 9.41. The fraction of sp³-hybridized carbons (Fsp3) is 0.727. The van der Waals surface area contributed by atoms with Crippen molar-refractivity contribution in [2.24, 2.45) is 0 Å². The van der Waals surface area contributed by atoms with Gasteiger partial charge in [-0.05, 0) is 19.8 Å². The number of rotatable bonds is 9. The van der Waals surface area contributed by atoms with Crippen LogP contribution in [0.5, 0.6) is 0 Å². The van der Waals surface area contributed by atoms with E-state index in [1.54, 1.807) is 6.92 Å². The molecule has 0 saturated carbocycles. The van der Waals surface area contributed by atoms with Gasteiger partial charge >= 0.3 is 18.0 Å². The number of aliphatic carboxylic acids is 1. The number of carboxylic acid groups (broad SMARTS) is 1. The fourth-order valence-corrected chi connectivity index (χ4v) is 1.26. The molecular weight excluding hydrogens is 256 g/mol. The fourth-order valence-electron chi connectivity index (χ4n) is 1.26. The molecule has 8 heteroatoms. The van der Waals surface area contributed by atoms with Crippen molar-refractivity contribution in [1.82, 2.24) is 10.6 Å². The average Bonchev–Trinajstić information content (AvgIpc) is 2.35. The average molecular weight is 276 g/mol. The third kappa shape index (κ3) is 8.83. The zero-order valence-corrected chi connectivity index (χ0v) is 11.1. The summed E-state index contributed by atoms with van der Waals surface area (Å²) in [6.07, 6.45) is 0.752. The lowest BCUT2D eigenvalue weighted by Gasteiger charge is -2.14. The van der Waals surface area contributed by atoms with Crippen molar-refractivity contribution in [3.8, 4) is 0 Å². The minimum atomic E-state index is -1.14. The van der Waals surface area contributed by atoms with Crippen LogP contribution in [0.25, 0.3) is 0 Å². The van der Waals surface area contributed by atoms with E-state index in [9.17, 15) is 14.4 Å². The van der Waals surface area contributed by atoms with Crippen LogP contribution >= 0.6 is 0 Å². The molecule has 8 nitrogen and oxygen atoms in total. The number of urea groups is 1. The second-order valence-electron chi connectivity index (χ2n) is 3.66. The van der Waals surface area contributed by atoms with Gasteiger partial charge in [0.05, 0.1) is 6.61 Å². The number of ether oxygens (including phenoxy) is 2. The normalized spacial score (nSPS) is 11.5. The number of carbonyl (C=O) groups excluding carboxylic acids is 2. The first-order chi connectivity index (χ1) is 9.01. The van der Waals surface area contributed by atoms with Gasteiger partial charge in [0.15, 0.2) is 0 Å². The molecule has 3 N–H and O–H groups in total. The predicted molar refractivity (Wildman–Crippen MR) is 65.7 cm³/mol. The van der Waals surface area contributed by atoms with Gasteiger partial charge in [-0.2, -0.15) is 0 Å². The molecule has 19 heavy (non-hydrogen) atoms. The van der Waals surface area contributed by atoms with Crippen LogP contribution < -0.4 is 10.6 Å². The van der Waals surface area contributed by atoms with Gasteiger partial charge in [-0.15, -0.1) is 0 Å². The van der Waals surface area contributed by atoms with Gasteiger partial charge in [0.25, 0.3) is 0 Å². The van der Waals surface area contributed by atoms with Crippen LogP contribution in [0.3, 0.4) is 0 Å². The van der Waals surface area contributed by atoms with Gasteiger partial charge in [0, 0.05) is 13.7 Å². The highest BCUT2D eigenvalue weighted by Gasteiger charge is 2.19. The number of carboxylic acids is 1. The Balaban J connectivity index is 4.02. The minimum absolute atomic E-state index is 0.219. The monoisotopic (exact) mass is 276 g/mol. The van der Waals surface area contributed by atoms with Crippen LogP contribution in [0.2, 0.25) is 0 Å². The predicted octanol–water partition coefficient (Wildman–Crippen LogP) is -0.271. The molecule has 0 saturated heterocycles. The zero-order chi connectivity index (χ0) is 14.7. The summed E-state index contributed by atoms with van der Waals surface area (Å²) in [6, 6.07) is -1.74. The Morgan fingerprint density at radius 3 is 2.53 bits per heavy atom. The summed E-state index contributed by atoms with van der Waals surface area (Å²) in [4.78, 5) is 33.3. The second kappa shape index (κ2) is 10.1. The van der Waals surface area contributed by atoms with Crippen molar-refractivity contribution >= 4 is 18.0 Å². The standard InChI is InChI=1S/C11H20N2O6/c1-3-19-9(14)7-12-11(17)13-8(10(15)16)5-4-6-18-2/h8H,3-7H2,1-2H3,(H,15,16)(H2,12,13,17). The lowest BCUT2D eigenvalue weighted by Crippen LogP contribution is -2.47. The maximum absolute atomic E-state index is 11.4. The lowest BCUT2D eigenvalue weighted by atomic mass is 10.1. The van der Waals surface area contributed by atoms with Crippen molar-refractivity contribution in [2.45, 2.75) is 25.8 Å². The number of amides is 2. The number of esters is 1. The maximum Gasteiger partial charge on any atom is 0.326 e. The molecule has 0 radical (unpaired) electrons. The third-order valence-corrected chi connectivity index (χ3v) is 2.14. The summed E-state index contributed by atoms with van der Waals surface area (Å²) in [5, 5.41) is 13.4. The first-order valence-corrected chi connectivity index (χ1v) is 5.93. The summed E-state index contributed by atoms with van der Waals surface area (Å²) >= 11 is 0. The number of hydrogen-bond acceptors (Lipinski definition) is 5. The Bertz CT molecular complexity index is 308. The number of hydrogen-bond donors (Lipinski definition) is 3. The quantitative estimate of drug-likeness (QED) is 0.394. The van der Waals surface area contributed by atoms with Gasteiger partial charge in [0.2, 0.25) is 0 Å². The molecule has 0 rings (SSSR count). The second-order valence-corrected chi connectivity index (χ2v) is 3.66. The molecule has 0 bridgehead atoms. The molecular formula is C11H20N2O6. The Hall–Kier alpha value is -1.83. The smallest absolute Gasteiger partial charge is 0.326 e. The number of nitrogens with one attached hydrogen (secondary N) is 2. The van der Waals surface area contributed by atoms with E-state index in [1.807, 2.05) is 0 Å². The van der Waals surface area contributed by atoms with Crippen molar-refractivity contribution in [3.63, 3.8) is 0 Å². The van der Waals surface area contributed by atoms with Crippen LogP contribution in [0.15, 0.2) is 0 Å². The van der Waals surface area contributed by atoms with E-state index in [4.69, 9.17) is 9.84 Å². The SMILES string of the molecule is CCOC(=O)CNC(=O)NC(CCCOC)C(=O)O. The van der Waals surface area contributed by atoms with Crippen LogP contribution in [-0.4, -0.2) is 56.0 Å². The van der Waals surface area contributed by atoms with Gasteiger partial charge in [0.1, 0.15) is 12.6 Å². The Morgan fingerprint density at radius 1 is 1.32 bits per heavy atom. The lowest BCUT2D eigenvalue weighted by molar-refractivity contribution is -0.141.